The number of benzene rings is 2. The quantitative estimate of drug-likeness (QED) is 0.423. The van der Waals surface area contributed by atoms with E-state index in [0.29, 0.717) is 6.04 Å². The highest BCUT2D eigenvalue weighted by Crippen LogP contribution is 2.33. The van der Waals surface area contributed by atoms with Gasteiger partial charge in [0, 0.05) is 21.5 Å². The molecule has 4 rings (SSSR count). The van der Waals surface area contributed by atoms with E-state index in [4.69, 9.17) is 4.74 Å². The third-order valence-electron chi connectivity index (χ3n) is 5.47. The molecule has 1 N–H and O–H groups in total. The molecule has 4 nitrogen and oxygen atoms in total. The lowest BCUT2D eigenvalue weighted by atomic mass is 10.1. The summed E-state index contributed by atoms with van der Waals surface area (Å²) >= 11 is 6.87. The molecule has 2 aliphatic rings. The zero-order valence-electron chi connectivity index (χ0n) is 18.5. The van der Waals surface area contributed by atoms with Gasteiger partial charge in [0.1, 0.15) is 5.60 Å². The van der Waals surface area contributed by atoms with E-state index in [2.05, 4.69) is 73.6 Å². The number of halogens is 2. The van der Waals surface area contributed by atoms with E-state index in [1.807, 2.05) is 37.8 Å². The molecule has 2 atom stereocenters. The Morgan fingerprint density at radius 2 is 1.52 bits per heavy atom. The maximum Gasteiger partial charge on any atom is 0.410 e. The van der Waals surface area contributed by atoms with Gasteiger partial charge in [-0.15, -0.1) is 0 Å². The van der Waals surface area contributed by atoms with Gasteiger partial charge in [0.05, 0.1) is 6.04 Å². The lowest BCUT2D eigenvalue weighted by Crippen LogP contribution is -2.36. The molecule has 0 bridgehead atoms. The first-order valence-electron chi connectivity index (χ1n) is 11.0. The number of ether oxygens (including phenoxy) is 1. The van der Waals surface area contributed by atoms with Crippen LogP contribution in [-0.2, 0) is 4.74 Å². The summed E-state index contributed by atoms with van der Waals surface area (Å²) in [5.41, 5.74) is 2.14. The van der Waals surface area contributed by atoms with Crippen molar-refractivity contribution in [3.8, 4) is 0 Å². The number of nitrogens with one attached hydrogen (secondary N) is 1. The van der Waals surface area contributed by atoms with E-state index in [9.17, 15) is 4.79 Å². The minimum atomic E-state index is -0.441. The second-order valence-corrected chi connectivity index (χ2v) is 10.9. The van der Waals surface area contributed by atoms with Gasteiger partial charge in [0.15, 0.2) is 0 Å². The molecule has 2 unspecified atom stereocenters. The number of carbonyl (C=O) groups is 1. The van der Waals surface area contributed by atoms with Crippen LogP contribution in [0, 0.1) is 0 Å². The Morgan fingerprint density at radius 3 is 2.03 bits per heavy atom. The average Bonchev–Trinajstić information content (AvgIpc) is 3.41. The zero-order chi connectivity index (χ0) is 22.4. The summed E-state index contributed by atoms with van der Waals surface area (Å²) in [6.07, 6.45) is 4.40. The number of likely N-dealkylation sites (tertiary alicyclic amines) is 1. The van der Waals surface area contributed by atoms with Gasteiger partial charge >= 0.3 is 6.09 Å². The Kier molecular flexibility index (Phi) is 8.59. The van der Waals surface area contributed by atoms with Gasteiger partial charge in [0.25, 0.3) is 0 Å². The zero-order valence-corrected chi connectivity index (χ0v) is 21.7. The van der Waals surface area contributed by atoms with Crippen molar-refractivity contribution in [1.82, 2.24) is 10.2 Å². The Hall–Kier alpha value is -1.37. The molecular weight excluding hydrogens is 520 g/mol. The van der Waals surface area contributed by atoms with Crippen LogP contribution in [0.5, 0.6) is 0 Å². The standard InChI is InChI=1S/C15H20BrNO2.C10H12BrN/c1-15(2,3)19-14(18)17-10-4-5-13(17)11-6-8-12(16)9-7-11;11-9-5-3-8(4-6-9)10-2-1-7-12-10/h6-9,13H,4-5,10H2,1-3H3;3-6,10,12H,1-2,7H2. The Morgan fingerprint density at radius 1 is 0.935 bits per heavy atom. The van der Waals surface area contributed by atoms with Crippen molar-refractivity contribution in [3.05, 3.63) is 68.6 Å². The van der Waals surface area contributed by atoms with Crippen molar-refractivity contribution in [2.24, 2.45) is 0 Å². The molecule has 2 aromatic carbocycles. The van der Waals surface area contributed by atoms with Crippen LogP contribution < -0.4 is 5.32 Å². The molecule has 2 aromatic rings. The predicted molar refractivity (Wildman–Crippen MR) is 133 cm³/mol. The normalized spacial score (nSPS) is 20.9. The van der Waals surface area contributed by atoms with Crippen molar-refractivity contribution in [2.75, 3.05) is 13.1 Å². The molecule has 1 amide bonds. The molecule has 0 aliphatic carbocycles. The van der Waals surface area contributed by atoms with Crippen LogP contribution in [0.2, 0.25) is 0 Å². The number of amides is 1. The fourth-order valence-corrected chi connectivity index (χ4v) is 4.53. The third kappa shape index (κ3) is 7.33. The molecule has 2 aliphatic heterocycles. The summed E-state index contributed by atoms with van der Waals surface area (Å²) in [6.45, 7) is 7.64. The van der Waals surface area contributed by atoms with Crippen LogP contribution in [0.15, 0.2) is 57.5 Å². The van der Waals surface area contributed by atoms with E-state index in [1.54, 1.807) is 0 Å². The van der Waals surface area contributed by atoms with E-state index in [0.717, 1.165) is 28.3 Å². The van der Waals surface area contributed by atoms with Crippen molar-refractivity contribution in [1.29, 1.82) is 0 Å². The highest BCUT2D eigenvalue weighted by molar-refractivity contribution is 9.10. The van der Waals surface area contributed by atoms with Crippen LogP contribution >= 0.6 is 31.9 Å². The maximum absolute atomic E-state index is 12.2. The van der Waals surface area contributed by atoms with Crippen LogP contribution in [-0.4, -0.2) is 29.7 Å². The lowest BCUT2D eigenvalue weighted by molar-refractivity contribution is 0.0224. The van der Waals surface area contributed by atoms with Crippen LogP contribution in [0.3, 0.4) is 0 Å². The van der Waals surface area contributed by atoms with Gasteiger partial charge in [0.2, 0.25) is 0 Å². The Balaban J connectivity index is 0.000000194. The highest BCUT2D eigenvalue weighted by atomic mass is 79.9. The minimum absolute atomic E-state index is 0.142. The third-order valence-corrected chi connectivity index (χ3v) is 6.53. The molecule has 2 fully saturated rings. The van der Waals surface area contributed by atoms with Crippen LogP contribution in [0.1, 0.15) is 69.7 Å². The fraction of sp³-hybridized carbons (Fsp3) is 0.480. The summed E-state index contributed by atoms with van der Waals surface area (Å²) in [7, 11) is 0. The van der Waals surface area contributed by atoms with E-state index in [-0.39, 0.29) is 12.1 Å². The summed E-state index contributed by atoms with van der Waals surface area (Å²) in [6, 6.07) is 17.5. The maximum atomic E-state index is 12.2. The van der Waals surface area contributed by atoms with Crippen molar-refractivity contribution in [2.45, 2.75) is 64.1 Å². The van der Waals surface area contributed by atoms with Crippen molar-refractivity contribution in [3.63, 3.8) is 0 Å². The van der Waals surface area contributed by atoms with Crippen molar-refractivity contribution < 1.29 is 9.53 Å². The van der Waals surface area contributed by atoms with Gasteiger partial charge in [-0.05, 0) is 88.4 Å². The smallest absolute Gasteiger partial charge is 0.410 e. The molecule has 0 radical (unpaired) electrons. The molecule has 31 heavy (non-hydrogen) atoms. The van der Waals surface area contributed by atoms with Gasteiger partial charge in [-0.25, -0.2) is 4.79 Å². The fourth-order valence-electron chi connectivity index (χ4n) is 4.00. The largest absolute Gasteiger partial charge is 0.444 e. The monoisotopic (exact) mass is 550 g/mol. The molecule has 2 heterocycles. The molecule has 6 heteroatoms. The van der Waals surface area contributed by atoms with Crippen molar-refractivity contribution >= 4 is 38.0 Å². The van der Waals surface area contributed by atoms with Crippen LogP contribution in [0.25, 0.3) is 0 Å². The SMILES string of the molecule is Brc1ccc(C2CCCN2)cc1.CC(C)(C)OC(=O)N1CCCC1c1ccc(Br)cc1. The van der Waals surface area contributed by atoms with E-state index < -0.39 is 5.60 Å². The minimum Gasteiger partial charge on any atom is -0.444 e. The summed E-state index contributed by atoms with van der Waals surface area (Å²) in [5, 5.41) is 3.48. The summed E-state index contributed by atoms with van der Waals surface area (Å²) in [5.74, 6) is 0. The number of nitrogens with zero attached hydrogens (tertiary/aromatic N) is 1. The molecular formula is C25H32Br2N2O2. The predicted octanol–water partition coefficient (Wildman–Crippen LogP) is 7.39. The first kappa shape index (κ1) is 24.3. The Bertz CT molecular complexity index is 841. The molecule has 0 saturated carbocycles. The average molecular weight is 552 g/mol. The number of hydrogen-bond donors (Lipinski definition) is 1. The first-order chi connectivity index (χ1) is 14.7. The number of hydrogen-bond acceptors (Lipinski definition) is 3. The van der Waals surface area contributed by atoms with Gasteiger partial charge in [-0.3, -0.25) is 0 Å². The van der Waals surface area contributed by atoms with E-state index >= 15 is 0 Å². The summed E-state index contributed by atoms with van der Waals surface area (Å²) in [4.78, 5) is 14.0. The van der Waals surface area contributed by atoms with Gasteiger partial charge in [-0.1, -0.05) is 56.1 Å². The molecule has 0 spiro atoms. The summed E-state index contributed by atoms with van der Waals surface area (Å²) < 4.78 is 7.69. The molecule has 0 aromatic heterocycles. The van der Waals surface area contributed by atoms with Crippen LogP contribution in [0.4, 0.5) is 4.79 Å². The first-order valence-corrected chi connectivity index (χ1v) is 12.6. The second-order valence-electron chi connectivity index (χ2n) is 9.08. The highest BCUT2D eigenvalue weighted by Gasteiger charge is 2.32. The van der Waals surface area contributed by atoms with E-state index in [1.165, 1.54) is 30.5 Å². The number of carbonyl (C=O) groups excluding carboxylic acids is 1. The van der Waals surface area contributed by atoms with Gasteiger partial charge < -0.3 is 15.0 Å². The Labute approximate surface area is 203 Å². The topological polar surface area (TPSA) is 41.6 Å². The van der Waals surface area contributed by atoms with Gasteiger partial charge in [-0.2, -0.15) is 0 Å². The molecule has 2 saturated heterocycles. The lowest BCUT2D eigenvalue weighted by Gasteiger charge is -2.28. The molecule has 168 valence electrons. The second kappa shape index (κ2) is 11.0. The number of rotatable bonds is 2.